The van der Waals surface area contributed by atoms with Crippen LogP contribution < -0.4 is 24.4 Å². The lowest BCUT2D eigenvalue weighted by Gasteiger charge is -2.26. The Morgan fingerprint density at radius 3 is 1.90 bits per heavy atom. The van der Waals surface area contributed by atoms with Gasteiger partial charge in [0.2, 0.25) is 5.75 Å². The zero-order chi connectivity index (χ0) is 22.5. The maximum absolute atomic E-state index is 14.1. The summed E-state index contributed by atoms with van der Waals surface area (Å²) in [6.45, 7) is 4.17. The lowest BCUT2D eigenvalue weighted by molar-refractivity contribution is 0.202. The van der Waals surface area contributed by atoms with Crippen LogP contribution in [0, 0.1) is 5.92 Å². The molecule has 2 atom stereocenters. The van der Waals surface area contributed by atoms with Gasteiger partial charge in [-0.3, -0.25) is 4.57 Å². The average molecular weight is 437 g/mol. The fourth-order valence-electron chi connectivity index (χ4n) is 2.95. The Kier molecular flexibility index (Phi) is 8.18. The molecular weight excluding hydrogens is 405 g/mol. The van der Waals surface area contributed by atoms with E-state index in [0.29, 0.717) is 28.1 Å². The minimum Gasteiger partial charge on any atom is -0.493 e. The molecule has 1 N–H and O–H groups in total. The van der Waals surface area contributed by atoms with E-state index in [2.05, 4.69) is 0 Å². The molecule has 8 heteroatoms. The van der Waals surface area contributed by atoms with Crippen LogP contribution in [0.15, 0.2) is 36.4 Å². The summed E-state index contributed by atoms with van der Waals surface area (Å²) in [7, 11) is 4.64. The van der Waals surface area contributed by atoms with Crippen LogP contribution in [0.3, 0.4) is 0 Å². The zero-order valence-corrected chi connectivity index (χ0v) is 19.6. The van der Waals surface area contributed by atoms with E-state index in [1.807, 2.05) is 45.0 Å². The molecule has 0 bridgehead atoms. The highest BCUT2D eigenvalue weighted by atomic mass is 31.2. The van der Waals surface area contributed by atoms with Gasteiger partial charge in [-0.1, -0.05) is 13.8 Å². The molecule has 0 saturated heterocycles. The second-order valence-corrected chi connectivity index (χ2v) is 9.99. The normalized spacial score (nSPS) is 14.2. The Hall–Kier alpha value is -2.21. The van der Waals surface area contributed by atoms with Crippen molar-refractivity contribution >= 4 is 18.4 Å². The Balaban J connectivity index is 2.57. The van der Waals surface area contributed by atoms with E-state index in [0.717, 1.165) is 5.69 Å². The first-order chi connectivity index (χ1) is 14.2. The van der Waals surface area contributed by atoms with Gasteiger partial charge in [0.05, 0.1) is 27.9 Å². The van der Waals surface area contributed by atoms with Gasteiger partial charge in [-0.25, -0.2) is 0 Å². The quantitative estimate of drug-likeness (QED) is 0.562. The second kappa shape index (κ2) is 10.2. The van der Waals surface area contributed by atoms with E-state index in [4.69, 9.17) is 18.7 Å². The lowest BCUT2D eigenvalue weighted by Crippen LogP contribution is -2.17. The molecule has 2 aromatic carbocycles. The van der Waals surface area contributed by atoms with Gasteiger partial charge in [0, 0.05) is 25.1 Å². The van der Waals surface area contributed by atoms with Crippen LogP contribution in [-0.4, -0.2) is 47.1 Å². The van der Waals surface area contributed by atoms with Gasteiger partial charge < -0.3 is 28.7 Å². The van der Waals surface area contributed by atoms with Crippen LogP contribution in [0.2, 0.25) is 0 Å². The fourth-order valence-corrected chi connectivity index (χ4v) is 5.15. The lowest BCUT2D eigenvalue weighted by atomic mass is 10.2. The number of aliphatic hydroxyl groups excluding tert-OH is 1. The minimum absolute atomic E-state index is 0.145. The number of aliphatic hydroxyl groups is 1. The molecule has 0 amide bonds. The van der Waals surface area contributed by atoms with E-state index in [9.17, 15) is 9.67 Å². The first kappa shape index (κ1) is 24.1. The van der Waals surface area contributed by atoms with Crippen LogP contribution in [0.25, 0.3) is 0 Å². The van der Waals surface area contributed by atoms with Gasteiger partial charge in [-0.2, -0.15) is 0 Å². The summed E-state index contributed by atoms with van der Waals surface area (Å²) >= 11 is 0. The molecule has 30 heavy (non-hydrogen) atoms. The highest BCUT2D eigenvalue weighted by molar-refractivity contribution is 7.67. The molecule has 0 aliphatic carbocycles. The van der Waals surface area contributed by atoms with E-state index < -0.39 is 13.2 Å². The third-order valence-electron chi connectivity index (χ3n) is 4.63. The number of methoxy groups -OCH3 is 3. The van der Waals surface area contributed by atoms with Crippen molar-refractivity contribution in [3.05, 3.63) is 42.0 Å². The average Bonchev–Trinajstić information content (AvgIpc) is 2.75. The highest BCUT2D eigenvalue weighted by Gasteiger charge is 2.37. The number of benzene rings is 2. The third-order valence-corrected chi connectivity index (χ3v) is 7.13. The molecule has 166 valence electrons. The standard InChI is InChI=1S/C22H32NO6P/c1-15(2)14-29-30(25,18-10-8-17(9-11-18)23(3)4)22(24)16-12-19(26-5)21(28-7)20(13-16)27-6/h8-13,15,22,24H,14H2,1-7H3/t22-,30-/m1/s1. The largest absolute Gasteiger partial charge is 0.493 e. The van der Waals surface area contributed by atoms with Gasteiger partial charge in [0.1, 0.15) is 0 Å². The van der Waals surface area contributed by atoms with Crippen molar-refractivity contribution < 1.29 is 28.4 Å². The summed E-state index contributed by atoms with van der Waals surface area (Å²) in [5.74, 6) is -0.139. The zero-order valence-electron chi connectivity index (χ0n) is 18.7. The van der Waals surface area contributed by atoms with Crippen molar-refractivity contribution in [2.45, 2.75) is 19.7 Å². The van der Waals surface area contributed by atoms with Crippen molar-refractivity contribution in [2.24, 2.45) is 5.92 Å². The first-order valence-electron chi connectivity index (χ1n) is 9.68. The van der Waals surface area contributed by atoms with Crippen molar-refractivity contribution in [1.82, 2.24) is 0 Å². The molecule has 0 spiro atoms. The minimum atomic E-state index is -3.69. The maximum Gasteiger partial charge on any atom is 0.264 e. The van der Waals surface area contributed by atoms with Crippen molar-refractivity contribution in [1.29, 1.82) is 0 Å². The van der Waals surface area contributed by atoms with Gasteiger partial charge in [0.25, 0.3) is 7.37 Å². The van der Waals surface area contributed by atoms with Crippen molar-refractivity contribution in [3.8, 4) is 17.2 Å². The molecule has 2 rings (SSSR count). The number of anilines is 1. The summed E-state index contributed by atoms with van der Waals surface area (Å²) in [5.41, 5.74) is 1.31. The molecule has 0 unspecified atom stereocenters. The molecule has 0 aliphatic rings. The monoisotopic (exact) mass is 437 g/mol. The topological polar surface area (TPSA) is 77.5 Å². The summed E-state index contributed by atoms with van der Waals surface area (Å²) in [6.07, 6.45) is 0. The number of rotatable bonds is 10. The van der Waals surface area contributed by atoms with Crippen LogP contribution in [0.1, 0.15) is 25.3 Å². The summed E-state index contributed by atoms with van der Waals surface area (Å²) in [5, 5.41) is 11.7. The SMILES string of the molecule is COc1cc([C@H](O)[P@](=O)(OCC(C)C)c2ccc(N(C)C)cc2)cc(OC)c1OC. The van der Waals surface area contributed by atoms with Crippen LogP contribution in [0.5, 0.6) is 17.2 Å². The molecule has 0 heterocycles. The molecular formula is C22H32NO6P. The number of ether oxygens (including phenoxy) is 3. The van der Waals surface area contributed by atoms with E-state index in [1.165, 1.54) is 21.3 Å². The summed E-state index contributed by atoms with van der Waals surface area (Å²) in [6, 6.07) is 10.3. The fraction of sp³-hybridized carbons (Fsp3) is 0.455. The van der Waals surface area contributed by atoms with Gasteiger partial charge in [0.15, 0.2) is 17.3 Å². The molecule has 7 nitrogen and oxygen atoms in total. The van der Waals surface area contributed by atoms with Gasteiger partial charge in [-0.05, 0) is 47.9 Å². The maximum atomic E-state index is 14.1. The molecule has 0 radical (unpaired) electrons. The van der Waals surface area contributed by atoms with E-state index in [-0.39, 0.29) is 12.5 Å². The molecule has 0 saturated carbocycles. The molecule has 0 fully saturated rings. The number of hydrogen-bond donors (Lipinski definition) is 1. The first-order valence-corrected chi connectivity index (χ1v) is 11.4. The predicted molar refractivity (Wildman–Crippen MR) is 120 cm³/mol. The Bertz CT molecular complexity index is 857. The Labute approximate surface area is 179 Å². The predicted octanol–water partition coefficient (Wildman–Crippen LogP) is 4.05. The Morgan fingerprint density at radius 2 is 1.50 bits per heavy atom. The van der Waals surface area contributed by atoms with E-state index in [1.54, 1.807) is 24.3 Å². The second-order valence-electron chi connectivity index (χ2n) is 7.53. The van der Waals surface area contributed by atoms with Crippen LogP contribution >= 0.6 is 7.37 Å². The summed E-state index contributed by atoms with van der Waals surface area (Å²) in [4.78, 5) is 1.94. The van der Waals surface area contributed by atoms with Gasteiger partial charge in [-0.15, -0.1) is 0 Å². The molecule has 0 aliphatic heterocycles. The van der Waals surface area contributed by atoms with Crippen molar-refractivity contribution in [3.63, 3.8) is 0 Å². The number of nitrogens with zero attached hydrogens (tertiary/aromatic N) is 1. The van der Waals surface area contributed by atoms with Gasteiger partial charge >= 0.3 is 0 Å². The highest BCUT2D eigenvalue weighted by Crippen LogP contribution is 2.59. The van der Waals surface area contributed by atoms with Crippen molar-refractivity contribution in [2.75, 3.05) is 46.9 Å². The Morgan fingerprint density at radius 1 is 0.967 bits per heavy atom. The summed E-state index contributed by atoms with van der Waals surface area (Å²) < 4.78 is 36.0. The smallest absolute Gasteiger partial charge is 0.264 e. The van der Waals surface area contributed by atoms with Crippen LogP contribution in [0.4, 0.5) is 5.69 Å². The van der Waals surface area contributed by atoms with Crippen LogP contribution in [-0.2, 0) is 9.09 Å². The number of hydrogen-bond acceptors (Lipinski definition) is 7. The molecule has 2 aromatic rings. The van der Waals surface area contributed by atoms with E-state index >= 15 is 0 Å². The molecule has 0 aromatic heterocycles. The third kappa shape index (κ3) is 5.09.